The number of hydrogen-bond acceptors (Lipinski definition) is 6. The van der Waals surface area contributed by atoms with Gasteiger partial charge in [-0.2, -0.15) is 0 Å². The molecule has 0 heterocycles. The molecular weight excluding hydrogens is 314 g/mol. The van der Waals surface area contributed by atoms with Gasteiger partial charge in [0.15, 0.2) is 0 Å². The number of ether oxygens (including phenoxy) is 3. The van der Waals surface area contributed by atoms with Crippen LogP contribution >= 0.6 is 0 Å². The first-order valence-electron chi connectivity index (χ1n) is 7.38. The predicted molar refractivity (Wildman–Crippen MR) is 86.5 cm³/mol. The van der Waals surface area contributed by atoms with Crippen molar-refractivity contribution in [1.82, 2.24) is 0 Å². The number of hydrogen-bond donors (Lipinski definition) is 0. The molecule has 0 atom stereocenters. The Morgan fingerprint density at radius 1 is 1.00 bits per heavy atom. The van der Waals surface area contributed by atoms with Crippen molar-refractivity contribution >= 4 is 11.7 Å². The molecule has 0 aliphatic rings. The van der Waals surface area contributed by atoms with Gasteiger partial charge in [0.25, 0.3) is 5.69 Å². The van der Waals surface area contributed by atoms with E-state index in [1.807, 2.05) is 6.92 Å². The van der Waals surface area contributed by atoms with Gasteiger partial charge in [-0.25, -0.2) is 4.79 Å². The molecule has 0 unspecified atom stereocenters. The van der Waals surface area contributed by atoms with Gasteiger partial charge in [-0.15, -0.1) is 0 Å². The topological polar surface area (TPSA) is 87.9 Å². The van der Waals surface area contributed by atoms with Gasteiger partial charge >= 0.3 is 5.97 Å². The molecule has 2 aromatic rings. The van der Waals surface area contributed by atoms with Crippen LogP contribution in [0.2, 0.25) is 0 Å². The maximum atomic E-state index is 11.9. The van der Waals surface area contributed by atoms with Crippen LogP contribution in [-0.2, 0) is 4.74 Å². The summed E-state index contributed by atoms with van der Waals surface area (Å²) in [7, 11) is 0. The van der Waals surface area contributed by atoms with E-state index < -0.39 is 10.9 Å². The molecule has 0 spiro atoms. The van der Waals surface area contributed by atoms with Gasteiger partial charge in [-0.3, -0.25) is 10.1 Å². The number of nitro groups is 1. The lowest BCUT2D eigenvalue weighted by Gasteiger charge is -2.08. The number of carbonyl (C=O) groups excluding carboxylic acids is 1. The lowest BCUT2D eigenvalue weighted by Crippen LogP contribution is -2.13. The summed E-state index contributed by atoms with van der Waals surface area (Å²) in [6, 6.07) is 12.7. The number of nitrogens with zero attached hydrogens (tertiary/aromatic N) is 1. The van der Waals surface area contributed by atoms with E-state index in [4.69, 9.17) is 14.2 Å². The SMILES string of the molecule is CCOc1ccc(OCCOC(=O)c2ccccc2[N+](=O)[O-])cc1. The first-order chi connectivity index (χ1) is 11.6. The normalized spacial score (nSPS) is 10.0. The third-order valence-corrected chi connectivity index (χ3v) is 3.04. The Bertz CT molecular complexity index is 698. The second-order valence-corrected chi connectivity index (χ2v) is 4.66. The van der Waals surface area contributed by atoms with Crippen LogP contribution < -0.4 is 9.47 Å². The molecule has 0 radical (unpaired) electrons. The number of para-hydroxylation sites is 1. The van der Waals surface area contributed by atoms with Crippen LogP contribution in [0.25, 0.3) is 0 Å². The van der Waals surface area contributed by atoms with Crippen molar-refractivity contribution in [3.05, 3.63) is 64.2 Å². The van der Waals surface area contributed by atoms with E-state index in [0.717, 1.165) is 5.75 Å². The first-order valence-corrected chi connectivity index (χ1v) is 7.38. The molecular formula is C17H17NO6. The number of rotatable bonds is 8. The minimum atomic E-state index is -0.752. The Morgan fingerprint density at radius 2 is 1.62 bits per heavy atom. The van der Waals surface area contributed by atoms with Gasteiger partial charge in [0.2, 0.25) is 0 Å². The van der Waals surface area contributed by atoms with E-state index >= 15 is 0 Å². The van der Waals surface area contributed by atoms with Crippen molar-refractivity contribution in [3.8, 4) is 11.5 Å². The summed E-state index contributed by atoms with van der Waals surface area (Å²) in [6.45, 7) is 2.61. The van der Waals surface area contributed by atoms with Crippen LogP contribution in [0.3, 0.4) is 0 Å². The Balaban J connectivity index is 1.82. The predicted octanol–water partition coefficient (Wildman–Crippen LogP) is 3.23. The summed E-state index contributed by atoms with van der Waals surface area (Å²) in [5.74, 6) is 0.602. The highest BCUT2D eigenvalue weighted by Gasteiger charge is 2.20. The standard InChI is InChI=1S/C17H17NO6/c1-2-22-13-7-9-14(10-8-13)23-11-12-24-17(19)15-5-3-4-6-16(15)18(20)21/h3-10H,2,11-12H2,1H3. The molecule has 7 nitrogen and oxygen atoms in total. The highest BCUT2D eigenvalue weighted by Crippen LogP contribution is 2.19. The number of benzene rings is 2. The second kappa shape index (κ2) is 8.52. The molecule has 0 saturated carbocycles. The smallest absolute Gasteiger partial charge is 0.345 e. The lowest BCUT2D eigenvalue weighted by atomic mass is 10.2. The van der Waals surface area contributed by atoms with Crippen molar-refractivity contribution < 1.29 is 23.9 Å². The van der Waals surface area contributed by atoms with Gasteiger partial charge in [0.1, 0.15) is 30.3 Å². The van der Waals surface area contributed by atoms with Gasteiger partial charge in [0, 0.05) is 6.07 Å². The van der Waals surface area contributed by atoms with Crippen LogP contribution in [0.15, 0.2) is 48.5 Å². The van der Waals surface area contributed by atoms with Crippen LogP contribution in [0, 0.1) is 10.1 Å². The Labute approximate surface area is 138 Å². The highest BCUT2D eigenvalue weighted by atomic mass is 16.6. The fourth-order valence-corrected chi connectivity index (χ4v) is 1.98. The molecule has 0 fully saturated rings. The van der Waals surface area contributed by atoms with Gasteiger partial charge in [-0.1, -0.05) is 12.1 Å². The number of carbonyl (C=O) groups is 1. The number of nitro benzene ring substituents is 1. The van der Waals surface area contributed by atoms with Crippen LogP contribution in [0.4, 0.5) is 5.69 Å². The zero-order valence-corrected chi connectivity index (χ0v) is 13.1. The van der Waals surface area contributed by atoms with Crippen LogP contribution in [0.5, 0.6) is 11.5 Å². The van der Waals surface area contributed by atoms with E-state index in [0.29, 0.717) is 12.4 Å². The molecule has 0 N–H and O–H groups in total. The van der Waals surface area contributed by atoms with Crippen molar-refractivity contribution in [2.24, 2.45) is 0 Å². The van der Waals surface area contributed by atoms with Gasteiger partial charge in [-0.05, 0) is 37.3 Å². The molecule has 24 heavy (non-hydrogen) atoms. The van der Waals surface area contributed by atoms with Crippen molar-refractivity contribution in [2.45, 2.75) is 6.92 Å². The minimum absolute atomic E-state index is 0.0158. The Morgan fingerprint density at radius 3 is 2.25 bits per heavy atom. The van der Waals surface area contributed by atoms with E-state index in [9.17, 15) is 14.9 Å². The fraction of sp³-hybridized carbons (Fsp3) is 0.235. The maximum absolute atomic E-state index is 11.9. The Kier molecular flexibility index (Phi) is 6.13. The van der Waals surface area contributed by atoms with Crippen LogP contribution in [-0.4, -0.2) is 30.7 Å². The van der Waals surface area contributed by atoms with Crippen molar-refractivity contribution in [1.29, 1.82) is 0 Å². The summed E-state index contributed by atoms with van der Waals surface area (Å²) < 4.78 is 15.8. The van der Waals surface area contributed by atoms with Crippen molar-refractivity contribution in [2.75, 3.05) is 19.8 Å². The zero-order chi connectivity index (χ0) is 17.4. The molecule has 0 aromatic heterocycles. The molecule has 0 amide bonds. The third-order valence-electron chi connectivity index (χ3n) is 3.04. The largest absolute Gasteiger partial charge is 0.494 e. The van der Waals surface area contributed by atoms with E-state index in [1.165, 1.54) is 18.2 Å². The van der Waals surface area contributed by atoms with E-state index in [1.54, 1.807) is 30.3 Å². The average molecular weight is 331 g/mol. The van der Waals surface area contributed by atoms with E-state index in [2.05, 4.69) is 0 Å². The summed E-state index contributed by atoms with van der Waals surface area (Å²) >= 11 is 0. The summed E-state index contributed by atoms with van der Waals surface area (Å²) in [5, 5.41) is 10.9. The van der Waals surface area contributed by atoms with Crippen LogP contribution in [0.1, 0.15) is 17.3 Å². The van der Waals surface area contributed by atoms with Gasteiger partial charge < -0.3 is 14.2 Å². The molecule has 7 heteroatoms. The molecule has 2 rings (SSSR count). The lowest BCUT2D eigenvalue weighted by molar-refractivity contribution is -0.385. The summed E-state index contributed by atoms with van der Waals surface area (Å²) in [5.41, 5.74) is -0.363. The molecule has 0 aliphatic carbocycles. The molecule has 2 aromatic carbocycles. The second-order valence-electron chi connectivity index (χ2n) is 4.66. The average Bonchev–Trinajstić information content (AvgIpc) is 2.60. The zero-order valence-electron chi connectivity index (χ0n) is 13.1. The summed E-state index contributed by atoms with van der Waals surface area (Å²) in [6.07, 6.45) is 0. The minimum Gasteiger partial charge on any atom is -0.494 e. The van der Waals surface area contributed by atoms with Gasteiger partial charge in [0.05, 0.1) is 11.5 Å². The highest BCUT2D eigenvalue weighted by molar-refractivity contribution is 5.93. The third kappa shape index (κ3) is 4.70. The molecule has 0 aliphatic heterocycles. The quantitative estimate of drug-likeness (QED) is 0.319. The maximum Gasteiger partial charge on any atom is 0.345 e. The monoisotopic (exact) mass is 331 g/mol. The first kappa shape index (κ1) is 17.3. The summed E-state index contributed by atoms with van der Waals surface area (Å²) in [4.78, 5) is 22.2. The molecule has 0 saturated heterocycles. The molecule has 126 valence electrons. The fourth-order valence-electron chi connectivity index (χ4n) is 1.98. The van der Waals surface area contributed by atoms with Crippen molar-refractivity contribution in [3.63, 3.8) is 0 Å². The molecule has 0 bridgehead atoms. The Hall–Kier alpha value is -3.09. The van der Waals surface area contributed by atoms with E-state index in [-0.39, 0.29) is 24.5 Å². The number of esters is 1.